The van der Waals surface area contributed by atoms with E-state index in [1.807, 2.05) is 91.0 Å². The van der Waals surface area contributed by atoms with E-state index in [4.69, 9.17) is 4.52 Å². The third-order valence-corrected chi connectivity index (χ3v) is 4.25. The SMILES string of the molecule is O=C(OP)C(c1ccccc1)(c1ccccc1)c1ccccc1. The summed E-state index contributed by atoms with van der Waals surface area (Å²) in [5.74, 6) is -0.328. The second-order valence-corrected chi connectivity index (χ2v) is 5.49. The molecule has 0 bridgehead atoms. The quantitative estimate of drug-likeness (QED) is 0.527. The van der Waals surface area contributed by atoms with Crippen molar-refractivity contribution >= 4 is 15.4 Å². The molecule has 1 atom stereocenters. The first-order valence-corrected chi connectivity index (χ1v) is 7.85. The molecule has 0 spiro atoms. The Kier molecular flexibility index (Phi) is 4.55. The zero-order valence-electron chi connectivity index (χ0n) is 12.6. The highest BCUT2D eigenvalue weighted by atomic mass is 31.0. The van der Waals surface area contributed by atoms with Gasteiger partial charge in [0, 0.05) is 0 Å². The average molecular weight is 320 g/mol. The summed E-state index contributed by atoms with van der Waals surface area (Å²) in [6.45, 7) is 0. The second-order valence-electron chi connectivity index (χ2n) is 5.25. The molecule has 0 aliphatic heterocycles. The van der Waals surface area contributed by atoms with Crippen LogP contribution in [0, 0.1) is 0 Å². The predicted octanol–water partition coefficient (Wildman–Crippen LogP) is 4.35. The number of rotatable bonds is 4. The molecule has 0 saturated carbocycles. The molecule has 0 aliphatic carbocycles. The lowest BCUT2D eigenvalue weighted by Crippen LogP contribution is -2.38. The molecule has 0 amide bonds. The molecule has 0 heterocycles. The summed E-state index contributed by atoms with van der Waals surface area (Å²) in [7, 11) is 2.08. The Bertz CT molecular complexity index is 674. The topological polar surface area (TPSA) is 26.3 Å². The average Bonchev–Trinajstić information content (AvgIpc) is 2.65. The fraction of sp³-hybridized carbons (Fsp3) is 0.0500. The third-order valence-electron chi connectivity index (χ3n) is 4.03. The van der Waals surface area contributed by atoms with Crippen LogP contribution < -0.4 is 0 Å². The largest absolute Gasteiger partial charge is 0.450 e. The number of benzene rings is 3. The molecule has 0 fully saturated rings. The van der Waals surface area contributed by atoms with E-state index in [-0.39, 0.29) is 5.97 Å². The van der Waals surface area contributed by atoms with Gasteiger partial charge in [0.15, 0.2) is 0 Å². The lowest BCUT2D eigenvalue weighted by atomic mass is 9.69. The van der Waals surface area contributed by atoms with Crippen LogP contribution in [-0.4, -0.2) is 5.97 Å². The molecule has 3 aromatic carbocycles. The smallest absolute Gasteiger partial charge is 0.327 e. The minimum absolute atomic E-state index is 0.328. The monoisotopic (exact) mass is 320 g/mol. The molecular formula is C20H17O2P. The summed E-state index contributed by atoms with van der Waals surface area (Å²) in [4.78, 5) is 13.0. The van der Waals surface area contributed by atoms with Gasteiger partial charge < -0.3 is 4.52 Å². The van der Waals surface area contributed by atoms with Gasteiger partial charge in [-0.05, 0) is 16.7 Å². The van der Waals surface area contributed by atoms with Crippen molar-refractivity contribution in [2.24, 2.45) is 0 Å². The normalized spacial score (nSPS) is 11.0. The van der Waals surface area contributed by atoms with E-state index < -0.39 is 5.41 Å². The van der Waals surface area contributed by atoms with E-state index >= 15 is 0 Å². The predicted molar refractivity (Wildman–Crippen MR) is 95.0 cm³/mol. The van der Waals surface area contributed by atoms with Crippen molar-refractivity contribution in [1.82, 2.24) is 0 Å². The molecule has 0 aromatic heterocycles. The first-order chi connectivity index (χ1) is 11.3. The molecule has 3 rings (SSSR count). The van der Waals surface area contributed by atoms with Crippen LogP contribution in [0.25, 0.3) is 0 Å². The minimum Gasteiger partial charge on any atom is -0.450 e. The fourth-order valence-electron chi connectivity index (χ4n) is 3.01. The Labute approximate surface area is 138 Å². The van der Waals surface area contributed by atoms with Gasteiger partial charge in [0.25, 0.3) is 0 Å². The van der Waals surface area contributed by atoms with Crippen LogP contribution in [-0.2, 0) is 14.7 Å². The first-order valence-electron chi connectivity index (χ1n) is 7.38. The van der Waals surface area contributed by atoms with E-state index in [2.05, 4.69) is 9.47 Å². The molecule has 3 aromatic rings. The van der Waals surface area contributed by atoms with Crippen molar-refractivity contribution in [2.45, 2.75) is 5.41 Å². The summed E-state index contributed by atoms with van der Waals surface area (Å²) in [6, 6.07) is 29.2. The molecule has 23 heavy (non-hydrogen) atoms. The summed E-state index contributed by atoms with van der Waals surface area (Å²) in [5, 5.41) is 0. The van der Waals surface area contributed by atoms with Gasteiger partial charge in [-0.2, -0.15) is 0 Å². The lowest BCUT2D eigenvalue weighted by molar-refractivity contribution is -0.136. The molecular weight excluding hydrogens is 303 g/mol. The first kappa shape index (κ1) is 15.5. The van der Waals surface area contributed by atoms with E-state index in [1.54, 1.807) is 0 Å². The summed E-state index contributed by atoms with van der Waals surface area (Å²) in [5.41, 5.74) is 1.64. The van der Waals surface area contributed by atoms with Crippen LogP contribution in [0.1, 0.15) is 16.7 Å². The van der Waals surface area contributed by atoms with Crippen LogP contribution in [0.2, 0.25) is 0 Å². The summed E-state index contributed by atoms with van der Waals surface area (Å²) >= 11 is 0. The molecule has 0 aliphatic rings. The Morgan fingerprint density at radius 1 is 0.652 bits per heavy atom. The van der Waals surface area contributed by atoms with Gasteiger partial charge in [-0.25, -0.2) is 0 Å². The van der Waals surface area contributed by atoms with Crippen molar-refractivity contribution in [3.8, 4) is 0 Å². The van der Waals surface area contributed by atoms with Gasteiger partial charge in [0.1, 0.15) is 5.41 Å². The van der Waals surface area contributed by atoms with Crippen molar-refractivity contribution in [3.63, 3.8) is 0 Å². The van der Waals surface area contributed by atoms with Gasteiger partial charge in [0.2, 0.25) is 0 Å². The van der Waals surface area contributed by atoms with Crippen molar-refractivity contribution in [1.29, 1.82) is 0 Å². The lowest BCUT2D eigenvalue weighted by Gasteiger charge is -2.32. The van der Waals surface area contributed by atoms with E-state index in [9.17, 15) is 4.79 Å². The second kappa shape index (κ2) is 6.76. The van der Waals surface area contributed by atoms with E-state index in [0.717, 1.165) is 16.7 Å². The summed E-state index contributed by atoms with van der Waals surface area (Å²) in [6.07, 6.45) is 0. The van der Waals surface area contributed by atoms with E-state index in [0.29, 0.717) is 0 Å². The molecule has 114 valence electrons. The van der Waals surface area contributed by atoms with Crippen LogP contribution in [0.3, 0.4) is 0 Å². The standard InChI is InChI=1S/C20H17O2P/c21-19(22-23)20(16-10-4-1-5-11-16,17-12-6-2-7-13-17)18-14-8-3-9-15-18/h1-15H,23H2. The zero-order chi connectivity index (χ0) is 16.1. The highest BCUT2D eigenvalue weighted by Gasteiger charge is 2.44. The minimum atomic E-state index is -0.995. The van der Waals surface area contributed by atoms with E-state index in [1.165, 1.54) is 0 Å². The Hall–Kier alpha value is -2.44. The highest BCUT2D eigenvalue weighted by Crippen LogP contribution is 2.40. The van der Waals surface area contributed by atoms with Crippen LogP contribution in [0.15, 0.2) is 91.0 Å². The molecule has 3 heteroatoms. The Morgan fingerprint density at radius 3 is 1.22 bits per heavy atom. The Balaban J connectivity index is 2.38. The molecule has 1 unspecified atom stereocenters. The molecule has 0 radical (unpaired) electrons. The molecule has 2 nitrogen and oxygen atoms in total. The maximum Gasteiger partial charge on any atom is 0.327 e. The van der Waals surface area contributed by atoms with Crippen molar-refractivity contribution in [3.05, 3.63) is 108 Å². The van der Waals surface area contributed by atoms with Gasteiger partial charge in [-0.15, -0.1) is 0 Å². The maximum absolute atomic E-state index is 13.0. The van der Waals surface area contributed by atoms with Gasteiger partial charge in [-0.3, -0.25) is 4.79 Å². The van der Waals surface area contributed by atoms with Gasteiger partial charge >= 0.3 is 5.97 Å². The third kappa shape index (κ3) is 2.67. The number of hydrogen-bond donors (Lipinski definition) is 0. The van der Waals surface area contributed by atoms with Crippen molar-refractivity contribution in [2.75, 3.05) is 0 Å². The molecule has 0 saturated heterocycles. The Morgan fingerprint density at radius 2 is 0.957 bits per heavy atom. The van der Waals surface area contributed by atoms with Crippen molar-refractivity contribution < 1.29 is 9.32 Å². The number of carbonyl (C=O) groups is 1. The van der Waals surface area contributed by atoms with Crippen LogP contribution >= 0.6 is 9.47 Å². The summed E-state index contributed by atoms with van der Waals surface area (Å²) < 4.78 is 5.16. The maximum atomic E-state index is 13.0. The highest BCUT2D eigenvalue weighted by molar-refractivity contribution is 7.10. The number of carbonyl (C=O) groups excluding carboxylic acids is 1. The van der Waals surface area contributed by atoms with Gasteiger partial charge in [0.05, 0.1) is 9.47 Å². The van der Waals surface area contributed by atoms with Gasteiger partial charge in [-0.1, -0.05) is 91.0 Å². The fourth-order valence-corrected chi connectivity index (χ4v) is 3.18. The van der Waals surface area contributed by atoms with Crippen LogP contribution in [0.4, 0.5) is 0 Å². The number of hydrogen-bond acceptors (Lipinski definition) is 2. The van der Waals surface area contributed by atoms with Crippen LogP contribution in [0.5, 0.6) is 0 Å². The molecule has 0 N–H and O–H groups in total. The zero-order valence-corrected chi connectivity index (χ0v) is 13.7.